The van der Waals surface area contributed by atoms with Gasteiger partial charge in [-0.2, -0.15) is 0 Å². The molecule has 0 aliphatic heterocycles. The van der Waals surface area contributed by atoms with Gasteiger partial charge in [0.2, 0.25) is 0 Å². The number of nitrogens with one attached hydrogen (secondary N) is 1. The molecule has 0 aliphatic carbocycles. The summed E-state index contributed by atoms with van der Waals surface area (Å²) >= 11 is 12.1. The number of aryl methyl sites for hydroxylation is 2. The highest BCUT2D eigenvalue weighted by atomic mass is 35.5. The van der Waals surface area contributed by atoms with Crippen LogP contribution in [0.2, 0.25) is 10.0 Å². The van der Waals surface area contributed by atoms with Crippen LogP contribution in [0, 0.1) is 13.8 Å². The van der Waals surface area contributed by atoms with Crippen LogP contribution in [0.4, 0.5) is 5.69 Å². The zero-order valence-corrected chi connectivity index (χ0v) is 13.1. The predicted octanol–water partition coefficient (Wildman–Crippen LogP) is 5.10. The summed E-state index contributed by atoms with van der Waals surface area (Å²) in [4.78, 5) is 0. The maximum absolute atomic E-state index is 6.10. The monoisotopic (exact) mass is 309 g/mol. The fraction of sp³-hybridized carbons (Fsp3) is 0.250. The number of benzene rings is 2. The van der Waals surface area contributed by atoms with Gasteiger partial charge in [-0.3, -0.25) is 0 Å². The van der Waals surface area contributed by atoms with Gasteiger partial charge in [0.15, 0.2) is 0 Å². The molecular formula is C16H17Cl2NO. The van der Waals surface area contributed by atoms with Crippen LogP contribution in [-0.4, -0.2) is 13.2 Å². The van der Waals surface area contributed by atoms with Gasteiger partial charge in [-0.25, -0.2) is 0 Å². The van der Waals surface area contributed by atoms with Crippen molar-refractivity contribution >= 4 is 28.9 Å². The van der Waals surface area contributed by atoms with E-state index in [4.69, 9.17) is 27.9 Å². The largest absolute Gasteiger partial charge is 0.491 e. The second-order valence-electron chi connectivity index (χ2n) is 4.60. The standard InChI is InChI=1S/C16H17Cl2NO/c1-11-5-3-6-12(2)16(11)20-10-9-19-14-8-4-7-13(17)15(14)18/h3-8,19H,9-10H2,1-2H3. The van der Waals surface area contributed by atoms with E-state index in [2.05, 4.69) is 5.32 Å². The van der Waals surface area contributed by atoms with Crippen molar-refractivity contribution in [1.29, 1.82) is 0 Å². The quantitative estimate of drug-likeness (QED) is 0.776. The summed E-state index contributed by atoms with van der Waals surface area (Å²) in [6.07, 6.45) is 0. The highest BCUT2D eigenvalue weighted by Crippen LogP contribution is 2.29. The van der Waals surface area contributed by atoms with Gasteiger partial charge in [0.1, 0.15) is 12.4 Å². The molecule has 2 nitrogen and oxygen atoms in total. The summed E-state index contributed by atoms with van der Waals surface area (Å²) in [5, 5.41) is 4.31. The molecule has 0 amide bonds. The number of hydrogen-bond donors (Lipinski definition) is 1. The summed E-state index contributed by atoms with van der Waals surface area (Å²) in [6.45, 7) is 5.32. The predicted molar refractivity (Wildman–Crippen MR) is 86.4 cm³/mol. The van der Waals surface area contributed by atoms with Crippen molar-refractivity contribution in [2.75, 3.05) is 18.5 Å². The van der Waals surface area contributed by atoms with Crippen LogP contribution in [0.1, 0.15) is 11.1 Å². The Morgan fingerprint density at radius 1 is 1.00 bits per heavy atom. The fourth-order valence-electron chi connectivity index (χ4n) is 2.01. The molecule has 0 saturated carbocycles. The van der Waals surface area contributed by atoms with Crippen molar-refractivity contribution in [2.45, 2.75) is 13.8 Å². The average molecular weight is 310 g/mol. The SMILES string of the molecule is Cc1cccc(C)c1OCCNc1cccc(Cl)c1Cl. The van der Waals surface area contributed by atoms with Crippen molar-refractivity contribution in [1.82, 2.24) is 0 Å². The zero-order chi connectivity index (χ0) is 14.5. The van der Waals surface area contributed by atoms with Crippen LogP contribution in [0.25, 0.3) is 0 Å². The lowest BCUT2D eigenvalue weighted by molar-refractivity contribution is 0.328. The summed E-state index contributed by atoms with van der Waals surface area (Å²) in [5.41, 5.74) is 3.11. The maximum atomic E-state index is 6.10. The molecule has 0 atom stereocenters. The van der Waals surface area contributed by atoms with Crippen LogP contribution >= 0.6 is 23.2 Å². The molecule has 0 spiro atoms. The molecule has 2 aromatic carbocycles. The first-order valence-electron chi connectivity index (χ1n) is 6.46. The second-order valence-corrected chi connectivity index (χ2v) is 5.38. The third kappa shape index (κ3) is 3.59. The summed E-state index contributed by atoms with van der Waals surface area (Å²) in [5.74, 6) is 0.950. The van der Waals surface area contributed by atoms with E-state index in [-0.39, 0.29) is 0 Å². The Balaban J connectivity index is 1.89. The van der Waals surface area contributed by atoms with E-state index in [0.29, 0.717) is 23.2 Å². The van der Waals surface area contributed by atoms with E-state index in [1.807, 2.05) is 44.2 Å². The number of hydrogen-bond acceptors (Lipinski definition) is 2. The number of halogens is 2. The molecule has 0 aliphatic rings. The van der Waals surface area contributed by atoms with Crippen LogP contribution in [-0.2, 0) is 0 Å². The summed E-state index contributed by atoms with van der Waals surface area (Å²) in [6, 6.07) is 11.6. The lowest BCUT2D eigenvalue weighted by Gasteiger charge is -2.13. The number of ether oxygens (including phenoxy) is 1. The van der Waals surface area contributed by atoms with Crippen molar-refractivity contribution in [2.24, 2.45) is 0 Å². The maximum Gasteiger partial charge on any atom is 0.125 e. The zero-order valence-electron chi connectivity index (χ0n) is 11.5. The van der Waals surface area contributed by atoms with E-state index in [9.17, 15) is 0 Å². The first-order chi connectivity index (χ1) is 9.59. The Labute approximate surface area is 129 Å². The van der Waals surface area contributed by atoms with Crippen LogP contribution in [0.15, 0.2) is 36.4 Å². The molecule has 0 radical (unpaired) electrons. The van der Waals surface area contributed by atoms with Gasteiger partial charge in [-0.05, 0) is 37.1 Å². The Kier molecular flexibility index (Phi) is 5.16. The molecular weight excluding hydrogens is 293 g/mol. The molecule has 0 aromatic heterocycles. The third-order valence-corrected chi connectivity index (χ3v) is 3.84. The molecule has 0 saturated heterocycles. The van der Waals surface area contributed by atoms with Gasteiger partial charge in [-0.15, -0.1) is 0 Å². The first kappa shape index (κ1) is 15.0. The molecule has 0 bridgehead atoms. The number of anilines is 1. The van der Waals surface area contributed by atoms with E-state index in [0.717, 1.165) is 22.6 Å². The van der Waals surface area contributed by atoms with E-state index >= 15 is 0 Å². The molecule has 2 aromatic rings. The molecule has 106 valence electrons. The minimum absolute atomic E-state index is 0.543. The smallest absolute Gasteiger partial charge is 0.125 e. The van der Waals surface area contributed by atoms with E-state index in [1.165, 1.54) is 0 Å². The van der Waals surface area contributed by atoms with E-state index in [1.54, 1.807) is 6.07 Å². The lowest BCUT2D eigenvalue weighted by Crippen LogP contribution is -2.12. The van der Waals surface area contributed by atoms with Crippen LogP contribution < -0.4 is 10.1 Å². The first-order valence-corrected chi connectivity index (χ1v) is 7.22. The normalized spacial score (nSPS) is 10.4. The minimum Gasteiger partial charge on any atom is -0.491 e. The van der Waals surface area contributed by atoms with Gasteiger partial charge in [-0.1, -0.05) is 47.5 Å². The van der Waals surface area contributed by atoms with Crippen molar-refractivity contribution in [3.05, 3.63) is 57.6 Å². The third-order valence-electron chi connectivity index (χ3n) is 3.02. The Hall–Kier alpha value is -1.38. The average Bonchev–Trinajstić information content (AvgIpc) is 2.42. The van der Waals surface area contributed by atoms with Gasteiger partial charge in [0.05, 0.1) is 15.7 Å². The Morgan fingerprint density at radius 2 is 1.65 bits per heavy atom. The fourth-order valence-corrected chi connectivity index (χ4v) is 2.37. The minimum atomic E-state index is 0.543. The lowest BCUT2D eigenvalue weighted by atomic mass is 10.1. The molecule has 0 heterocycles. The Morgan fingerprint density at radius 3 is 2.35 bits per heavy atom. The van der Waals surface area contributed by atoms with Gasteiger partial charge < -0.3 is 10.1 Å². The number of rotatable bonds is 5. The molecule has 0 unspecified atom stereocenters. The van der Waals surface area contributed by atoms with Gasteiger partial charge in [0.25, 0.3) is 0 Å². The molecule has 20 heavy (non-hydrogen) atoms. The number of para-hydroxylation sites is 1. The molecule has 1 N–H and O–H groups in total. The van der Waals surface area contributed by atoms with E-state index < -0.39 is 0 Å². The molecule has 4 heteroatoms. The Bertz CT molecular complexity index is 579. The van der Waals surface area contributed by atoms with Crippen LogP contribution in [0.5, 0.6) is 5.75 Å². The molecule has 2 rings (SSSR count). The summed E-state index contributed by atoms with van der Waals surface area (Å²) < 4.78 is 5.82. The van der Waals surface area contributed by atoms with Gasteiger partial charge in [0, 0.05) is 6.54 Å². The highest BCUT2D eigenvalue weighted by Gasteiger charge is 2.05. The van der Waals surface area contributed by atoms with Crippen molar-refractivity contribution in [3.8, 4) is 5.75 Å². The van der Waals surface area contributed by atoms with Crippen LogP contribution in [0.3, 0.4) is 0 Å². The van der Waals surface area contributed by atoms with Crippen molar-refractivity contribution < 1.29 is 4.74 Å². The van der Waals surface area contributed by atoms with Gasteiger partial charge >= 0.3 is 0 Å². The second kappa shape index (κ2) is 6.87. The molecule has 0 fully saturated rings. The van der Waals surface area contributed by atoms with Crippen molar-refractivity contribution in [3.63, 3.8) is 0 Å². The highest BCUT2D eigenvalue weighted by molar-refractivity contribution is 6.43. The summed E-state index contributed by atoms with van der Waals surface area (Å²) in [7, 11) is 0. The topological polar surface area (TPSA) is 21.3 Å².